The number of aryl methyl sites for hydroxylation is 1. The van der Waals surface area contributed by atoms with Crippen molar-refractivity contribution >= 4 is 23.5 Å². The van der Waals surface area contributed by atoms with Crippen LogP contribution in [0.2, 0.25) is 0 Å². The van der Waals surface area contributed by atoms with E-state index in [1.165, 1.54) is 12.1 Å². The molecule has 0 bridgehead atoms. The maximum atomic E-state index is 13.3. The van der Waals surface area contributed by atoms with Crippen LogP contribution in [0.3, 0.4) is 0 Å². The van der Waals surface area contributed by atoms with E-state index in [9.17, 15) is 9.18 Å². The van der Waals surface area contributed by atoms with Gasteiger partial charge in [0, 0.05) is 33.9 Å². The molecule has 0 atom stereocenters. The van der Waals surface area contributed by atoms with Crippen LogP contribution >= 0.6 is 11.8 Å². The van der Waals surface area contributed by atoms with Crippen molar-refractivity contribution in [2.24, 2.45) is 0 Å². The average Bonchev–Trinajstić information content (AvgIpc) is 2.66. The maximum Gasteiger partial charge on any atom is 0.254 e. The Kier molecular flexibility index (Phi) is 8.73. The zero-order valence-corrected chi connectivity index (χ0v) is 17.7. The maximum absolute atomic E-state index is 13.3. The van der Waals surface area contributed by atoms with Crippen molar-refractivity contribution in [3.8, 4) is 0 Å². The van der Waals surface area contributed by atoms with Crippen molar-refractivity contribution in [2.45, 2.75) is 31.8 Å². The molecule has 1 heterocycles. The second-order valence-corrected chi connectivity index (χ2v) is 7.74. The van der Waals surface area contributed by atoms with Crippen molar-refractivity contribution < 1.29 is 13.9 Å². The zero-order chi connectivity index (χ0) is 20.5. The lowest BCUT2D eigenvalue weighted by molar-refractivity contribution is 0.0946. The van der Waals surface area contributed by atoms with Gasteiger partial charge in [0.1, 0.15) is 16.7 Å². The first kappa shape index (κ1) is 22.2. The molecule has 0 unspecified atom stereocenters. The third-order valence-corrected chi connectivity index (χ3v) is 5.11. The summed E-state index contributed by atoms with van der Waals surface area (Å²) in [6.45, 7) is 5.74. The Morgan fingerprint density at radius 1 is 1.36 bits per heavy atom. The number of carbonyl (C=O) groups excluding carboxylic acids is 1. The summed E-state index contributed by atoms with van der Waals surface area (Å²) in [6.07, 6.45) is 0.903. The number of aromatic nitrogens is 1. The first-order valence-corrected chi connectivity index (χ1v) is 10.3. The monoisotopic (exact) mass is 405 g/mol. The second-order valence-electron chi connectivity index (χ2n) is 6.49. The minimum absolute atomic E-state index is 0.196. The number of pyridine rings is 1. The SMILES string of the molecule is CCSc1nc(N(C)CCCOC)cc(C)c1C(=O)NCc1cccc(F)c1. The predicted octanol–water partition coefficient (Wildman–Crippen LogP) is 4.04. The molecule has 1 amide bonds. The molecule has 0 saturated heterocycles. The van der Waals surface area contributed by atoms with Gasteiger partial charge in [0.2, 0.25) is 0 Å². The molecule has 28 heavy (non-hydrogen) atoms. The lowest BCUT2D eigenvalue weighted by Gasteiger charge is -2.21. The highest BCUT2D eigenvalue weighted by Gasteiger charge is 2.18. The number of hydrogen-bond acceptors (Lipinski definition) is 5. The van der Waals surface area contributed by atoms with E-state index >= 15 is 0 Å². The van der Waals surface area contributed by atoms with Crippen LogP contribution in [-0.4, -0.2) is 44.0 Å². The van der Waals surface area contributed by atoms with Gasteiger partial charge in [0.25, 0.3) is 5.91 Å². The van der Waals surface area contributed by atoms with E-state index in [1.54, 1.807) is 31.0 Å². The Hall–Kier alpha value is -2.12. The van der Waals surface area contributed by atoms with Gasteiger partial charge in [-0.05, 0) is 48.4 Å². The average molecular weight is 406 g/mol. The number of amides is 1. The molecule has 0 aliphatic carbocycles. The smallest absolute Gasteiger partial charge is 0.254 e. The standard InChI is InChI=1S/C21H28FN3O2S/c1-5-28-21-19(20(26)23-14-16-8-6-9-17(22)13-16)15(2)12-18(24-21)25(3)10-7-11-27-4/h6,8-9,12-13H,5,7,10-11,14H2,1-4H3,(H,23,26). The number of carbonyl (C=O) groups is 1. The van der Waals surface area contributed by atoms with Crippen molar-refractivity contribution in [3.05, 3.63) is 52.8 Å². The van der Waals surface area contributed by atoms with E-state index in [0.717, 1.165) is 35.7 Å². The Labute approximate surface area is 170 Å². The summed E-state index contributed by atoms with van der Waals surface area (Å²) in [5.74, 6) is 1.14. The van der Waals surface area contributed by atoms with Crippen LogP contribution in [0.4, 0.5) is 10.2 Å². The van der Waals surface area contributed by atoms with E-state index in [4.69, 9.17) is 9.72 Å². The highest BCUT2D eigenvalue weighted by molar-refractivity contribution is 7.99. The Morgan fingerprint density at radius 2 is 2.14 bits per heavy atom. The van der Waals surface area contributed by atoms with E-state index < -0.39 is 0 Å². The molecule has 0 aliphatic heterocycles. The number of rotatable bonds is 10. The summed E-state index contributed by atoms with van der Waals surface area (Å²) in [5, 5.41) is 3.60. The molecule has 2 rings (SSSR count). The lowest BCUT2D eigenvalue weighted by Crippen LogP contribution is -2.26. The summed E-state index contributed by atoms with van der Waals surface area (Å²) in [4.78, 5) is 19.6. The summed E-state index contributed by atoms with van der Waals surface area (Å²) in [5.41, 5.74) is 2.17. The number of nitrogens with zero attached hydrogens (tertiary/aromatic N) is 2. The van der Waals surface area contributed by atoms with Gasteiger partial charge in [-0.3, -0.25) is 4.79 Å². The highest BCUT2D eigenvalue weighted by Crippen LogP contribution is 2.27. The number of thioether (sulfide) groups is 1. The fourth-order valence-corrected chi connectivity index (χ4v) is 3.65. The molecule has 5 nitrogen and oxygen atoms in total. The van der Waals surface area contributed by atoms with Gasteiger partial charge in [0.05, 0.1) is 5.56 Å². The van der Waals surface area contributed by atoms with Crippen LogP contribution in [0.25, 0.3) is 0 Å². The van der Waals surface area contributed by atoms with Crippen LogP contribution in [0, 0.1) is 12.7 Å². The summed E-state index contributed by atoms with van der Waals surface area (Å²) < 4.78 is 18.4. The molecule has 1 N–H and O–H groups in total. The molecule has 1 aromatic heterocycles. The number of halogens is 1. The molecule has 0 radical (unpaired) electrons. The minimum Gasteiger partial charge on any atom is -0.385 e. The Bertz CT molecular complexity index is 801. The van der Waals surface area contributed by atoms with Crippen molar-refractivity contribution in [2.75, 3.05) is 38.0 Å². The summed E-state index contributed by atoms with van der Waals surface area (Å²) in [7, 11) is 3.68. The molecule has 0 aliphatic rings. The van der Waals surface area contributed by atoms with E-state index in [2.05, 4.69) is 10.2 Å². The Morgan fingerprint density at radius 3 is 2.82 bits per heavy atom. The predicted molar refractivity (Wildman–Crippen MR) is 113 cm³/mol. The number of anilines is 1. The fourth-order valence-electron chi connectivity index (χ4n) is 2.82. The zero-order valence-electron chi connectivity index (χ0n) is 16.9. The van der Waals surface area contributed by atoms with Crippen LogP contribution in [0.15, 0.2) is 35.4 Å². The Balaban J connectivity index is 2.18. The normalized spacial score (nSPS) is 10.8. The quantitative estimate of drug-likeness (QED) is 0.478. The van der Waals surface area contributed by atoms with E-state index in [0.29, 0.717) is 17.2 Å². The topological polar surface area (TPSA) is 54.5 Å². The third-order valence-electron chi connectivity index (χ3n) is 4.25. The largest absolute Gasteiger partial charge is 0.385 e. The number of benzene rings is 1. The summed E-state index contributed by atoms with van der Waals surface area (Å²) >= 11 is 1.55. The third kappa shape index (κ3) is 6.21. The van der Waals surface area contributed by atoms with Crippen molar-refractivity contribution in [1.82, 2.24) is 10.3 Å². The highest BCUT2D eigenvalue weighted by atomic mass is 32.2. The van der Waals surface area contributed by atoms with Gasteiger partial charge in [-0.1, -0.05) is 19.1 Å². The minimum atomic E-state index is -0.312. The molecular formula is C21H28FN3O2S. The second kappa shape index (κ2) is 11.0. The van der Waals surface area contributed by atoms with E-state index in [1.807, 2.05) is 27.0 Å². The molecule has 7 heteroatoms. The molecule has 2 aromatic rings. The van der Waals surface area contributed by atoms with E-state index in [-0.39, 0.29) is 18.3 Å². The number of ether oxygens (including phenoxy) is 1. The van der Waals surface area contributed by atoms with Gasteiger partial charge in [-0.15, -0.1) is 11.8 Å². The van der Waals surface area contributed by atoms with Gasteiger partial charge in [-0.25, -0.2) is 9.37 Å². The van der Waals surface area contributed by atoms with Crippen LogP contribution in [0.1, 0.15) is 34.8 Å². The molecule has 0 saturated carbocycles. The first-order valence-electron chi connectivity index (χ1n) is 9.33. The first-order chi connectivity index (χ1) is 13.5. The van der Waals surface area contributed by atoms with Gasteiger partial charge in [0.15, 0.2) is 0 Å². The van der Waals surface area contributed by atoms with Crippen LogP contribution in [-0.2, 0) is 11.3 Å². The number of nitrogens with one attached hydrogen (secondary N) is 1. The molecule has 0 spiro atoms. The van der Waals surface area contributed by atoms with Crippen LogP contribution < -0.4 is 10.2 Å². The number of methoxy groups -OCH3 is 1. The van der Waals surface area contributed by atoms with Gasteiger partial charge >= 0.3 is 0 Å². The fraction of sp³-hybridized carbons (Fsp3) is 0.429. The van der Waals surface area contributed by atoms with Gasteiger partial charge < -0.3 is 15.0 Å². The molecule has 152 valence electrons. The van der Waals surface area contributed by atoms with Crippen molar-refractivity contribution in [1.29, 1.82) is 0 Å². The molecular weight excluding hydrogens is 377 g/mol. The van der Waals surface area contributed by atoms with Crippen LogP contribution in [0.5, 0.6) is 0 Å². The van der Waals surface area contributed by atoms with Gasteiger partial charge in [-0.2, -0.15) is 0 Å². The summed E-state index contributed by atoms with van der Waals surface area (Å²) in [6, 6.07) is 8.16. The van der Waals surface area contributed by atoms with Crippen molar-refractivity contribution in [3.63, 3.8) is 0 Å². The lowest BCUT2D eigenvalue weighted by atomic mass is 10.1. The molecule has 1 aromatic carbocycles. The molecule has 0 fully saturated rings. The number of hydrogen-bond donors (Lipinski definition) is 1.